The van der Waals surface area contributed by atoms with E-state index in [9.17, 15) is 22.1 Å². The predicted molar refractivity (Wildman–Crippen MR) is 145 cm³/mol. The molecule has 200 valence electrons. The first-order chi connectivity index (χ1) is 17.4. The lowest BCUT2D eigenvalue weighted by molar-refractivity contribution is 0.164. The van der Waals surface area contributed by atoms with Crippen LogP contribution in [0.25, 0.3) is 0 Å². The van der Waals surface area contributed by atoms with Crippen LogP contribution in [0.5, 0.6) is 5.75 Å². The molecule has 1 unspecified atom stereocenters. The summed E-state index contributed by atoms with van der Waals surface area (Å²) < 4.78 is 53.5. The molecule has 0 amide bonds. The Balaban J connectivity index is 1.31. The Morgan fingerprint density at radius 3 is 2.54 bits per heavy atom. The van der Waals surface area contributed by atoms with Crippen molar-refractivity contribution in [2.45, 2.75) is 56.0 Å². The fraction of sp³-hybridized carbons (Fsp3) is 0.519. The quantitative estimate of drug-likeness (QED) is 0.452. The van der Waals surface area contributed by atoms with E-state index in [0.717, 1.165) is 44.0 Å². The summed E-state index contributed by atoms with van der Waals surface area (Å²) in [4.78, 5) is 2.72. The normalized spacial score (nSPS) is 22.4. The summed E-state index contributed by atoms with van der Waals surface area (Å²) in [5.74, 6) is 0.633. The van der Waals surface area contributed by atoms with Crippen LogP contribution in [0.1, 0.15) is 42.9 Å². The number of rotatable bonds is 9. The van der Waals surface area contributed by atoms with Gasteiger partial charge in [0, 0.05) is 35.8 Å². The molecule has 7 nitrogen and oxygen atoms in total. The van der Waals surface area contributed by atoms with Crippen molar-refractivity contribution in [2.75, 3.05) is 30.9 Å². The molecule has 1 fully saturated rings. The first-order valence-corrected chi connectivity index (χ1v) is 16.6. The van der Waals surface area contributed by atoms with E-state index in [2.05, 4.69) is 17.9 Å². The number of hydrogen-bond donors (Lipinski definition) is 0. The van der Waals surface area contributed by atoms with Crippen LogP contribution in [0.15, 0.2) is 41.3 Å². The van der Waals surface area contributed by atoms with E-state index in [1.54, 1.807) is 18.2 Å². The lowest BCUT2D eigenvalue weighted by atomic mass is 9.85. The van der Waals surface area contributed by atoms with Crippen molar-refractivity contribution in [3.63, 3.8) is 0 Å². The van der Waals surface area contributed by atoms with E-state index in [0.29, 0.717) is 40.9 Å². The van der Waals surface area contributed by atoms with Gasteiger partial charge in [-0.05, 0) is 86.6 Å². The molecule has 2 aromatic carbocycles. The molecule has 0 radical (unpaired) electrons. The van der Waals surface area contributed by atoms with E-state index in [4.69, 9.17) is 16.3 Å². The van der Waals surface area contributed by atoms with E-state index >= 15 is 0 Å². The van der Waals surface area contributed by atoms with Crippen LogP contribution in [-0.4, -0.2) is 64.7 Å². The van der Waals surface area contributed by atoms with Gasteiger partial charge in [0.05, 0.1) is 34.6 Å². The van der Waals surface area contributed by atoms with Gasteiger partial charge in [0.1, 0.15) is 15.6 Å². The molecule has 1 aliphatic carbocycles. The zero-order chi connectivity index (χ0) is 26.8. The number of halogens is 1. The van der Waals surface area contributed by atoms with Gasteiger partial charge in [-0.15, -0.1) is 0 Å². The number of hydrogen-bond acceptors (Lipinski definition) is 7. The van der Waals surface area contributed by atoms with E-state index in [-0.39, 0.29) is 22.8 Å². The maximum Gasteiger partial charge on any atom is 0.178 e. The molecule has 0 bridgehead atoms. The molecule has 37 heavy (non-hydrogen) atoms. The van der Waals surface area contributed by atoms with Gasteiger partial charge in [-0.25, -0.2) is 16.8 Å². The number of sulfone groups is 2. The predicted octanol–water partition coefficient (Wildman–Crippen LogP) is 4.07. The molecule has 0 N–H and O–H groups in total. The Bertz CT molecular complexity index is 1390. The van der Waals surface area contributed by atoms with Crippen molar-refractivity contribution in [3.05, 3.63) is 58.1 Å². The Hall–Kier alpha value is -2.12. The largest absolute Gasteiger partial charge is 0.493 e. The third kappa shape index (κ3) is 7.05. The summed E-state index contributed by atoms with van der Waals surface area (Å²) in [6.45, 7) is 3.73. The average molecular weight is 565 g/mol. The number of nitriles is 1. The third-order valence-electron chi connectivity index (χ3n) is 7.39. The highest BCUT2D eigenvalue weighted by Crippen LogP contribution is 2.34. The standard InChI is InChI=1S/C27H33ClN2O5S2/c1-19-12-20(17-30(19)24-4-9-27-21(15-24)13-23(28)14-22(27)16-29)18-35-25-5-7-26(8-6-25)37(33,34)11-3-10-36(2,31)32/h5-8,13-14,19-20,24H,3-4,9-12,15,17-18H2,1-2H3/t19-,20+,24?/m1/s1. The van der Waals surface area contributed by atoms with Crippen molar-refractivity contribution < 1.29 is 21.6 Å². The van der Waals surface area contributed by atoms with Gasteiger partial charge in [-0.3, -0.25) is 4.90 Å². The second-order valence-corrected chi connectivity index (χ2v) is 15.1. The molecule has 2 aromatic rings. The first kappa shape index (κ1) is 27.9. The van der Waals surface area contributed by atoms with Crippen LogP contribution in [0.2, 0.25) is 5.02 Å². The molecular weight excluding hydrogens is 532 g/mol. The molecule has 1 aliphatic heterocycles. The van der Waals surface area contributed by atoms with Crippen LogP contribution in [0.4, 0.5) is 0 Å². The highest BCUT2D eigenvalue weighted by molar-refractivity contribution is 7.92. The number of ether oxygens (including phenoxy) is 1. The summed E-state index contributed by atoms with van der Waals surface area (Å²) in [7, 11) is -6.73. The lowest BCUT2D eigenvalue weighted by Gasteiger charge is -2.35. The van der Waals surface area contributed by atoms with Gasteiger partial charge in [0.15, 0.2) is 9.84 Å². The van der Waals surface area contributed by atoms with E-state index < -0.39 is 19.7 Å². The monoisotopic (exact) mass is 564 g/mol. The SMILES string of the molecule is C[C@@H]1C[C@H](COc2ccc(S(=O)(=O)CCCS(C)(=O)=O)cc2)CN1C1CCc2c(C#N)cc(Cl)cc2C1. The smallest absolute Gasteiger partial charge is 0.178 e. The highest BCUT2D eigenvalue weighted by atomic mass is 35.5. The van der Waals surface area contributed by atoms with Crippen LogP contribution >= 0.6 is 11.6 Å². The van der Waals surface area contributed by atoms with Gasteiger partial charge in [0.2, 0.25) is 0 Å². The zero-order valence-corrected chi connectivity index (χ0v) is 23.6. The molecule has 3 atom stereocenters. The van der Waals surface area contributed by atoms with Gasteiger partial charge >= 0.3 is 0 Å². The molecule has 0 saturated carbocycles. The van der Waals surface area contributed by atoms with Crippen molar-refractivity contribution in [3.8, 4) is 11.8 Å². The molecule has 2 aliphatic rings. The second-order valence-electron chi connectivity index (χ2n) is 10.3. The van der Waals surface area contributed by atoms with E-state index in [1.165, 1.54) is 17.7 Å². The zero-order valence-electron chi connectivity index (χ0n) is 21.2. The Morgan fingerprint density at radius 2 is 1.86 bits per heavy atom. The van der Waals surface area contributed by atoms with Crippen LogP contribution in [0, 0.1) is 17.2 Å². The number of nitrogens with zero attached hydrogens (tertiary/aromatic N) is 2. The Morgan fingerprint density at radius 1 is 1.14 bits per heavy atom. The molecule has 1 heterocycles. The van der Waals surface area contributed by atoms with Gasteiger partial charge < -0.3 is 4.74 Å². The van der Waals surface area contributed by atoms with Gasteiger partial charge in [-0.2, -0.15) is 5.26 Å². The minimum absolute atomic E-state index is 0.0783. The summed E-state index contributed by atoms with van der Waals surface area (Å²) >= 11 is 6.26. The minimum Gasteiger partial charge on any atom is -0.493 e. The first-order valence-electron chi connectivity index (χ1n) is 12.6. The van der Waals surface area contributed by atoms with Gasteiger partial charge in [-0.1, -0.05) is 11.6 Å². The van der Waals surface area contributed by atoms with Crippen LogP contribution in [-0.2, 0) is 32.5 Å². The summed E-state index contributed by atoms with van der Waals surface area (Å²) in [6, 6.07) is 13.2. The molecule has 0 spiro atoms. The fourth-order valence-electron chi connectivity index (χ4n) is 5.61. The second kappa shape index (κ2) is 11.3. The molecule has 10 heteroatoms. The van der Waals surface area contributed by atoms with Gasteiger partial charge in [0.25, 0.3) is 0 Å². The lowest BCUT2D eigenvalue weighted by Crippen LogP contribution is -2.41. The maximum atomic E-state index is 12.5. The minimum atomic E-state index is -3.54. The number of likely N-dealkylation sites (tertiary alicyclic amines) is 1. The Kier molecular flexibility index (Phi) is 8.54. The molecule has 4 rings (SSSR count). The molecule has 0 aromatic heterocycles. The highest BCUT2D eigenvalue weighted by Gasteiger charge is 2.36. The number of benzene rings is 2. The average Bonchev–Trinajstić information content (AvgIpc) is 3.21. The summed E-state index contributed by atoms with van der Waals surface area (Å²) in [5.41, 5.74) is 3.00. The van der Waals surface area contributed by atoms with Crippen molar-refractivity contribution >= 4 is 31.3 Å². The van der Waals surface area contributed by atoms with Crippen LogP contribution < -0.4 is 4.74 Å². The molecular formula is C27H33ClN2O5S2. The summed E-state index contributed by atoms with van der Waals surface area (Å²) in [6.07, 6.45) is 4.99. The van der Waals surface area contributed by atoms with Crippen molar-refractivity contribution in [1.29, 1.82) is 5.26 Å². The summed E-state index contributed by atoms with van der Waals surface area (Å²) in [5, 5.41) is 10.1. The van der Waals surface area contributed by atoms with E-state index in [1.807, 2.05) is 6.07 Å². The molecule has 1 saturated heterocycles. The Labute approximate surface area is 225 Å². The third-order valence-corrected chi connectivity index (χ3v) is 10.5. The van der Waals surface area contributed by atoms with Crippen molar-refractivity contribution in [2.24, 2.45) is 5.92 Å². The maximum absolute atomic E-state index is 12.5. The number of fused-ring (bicyclic) bond motifs is 1. The van der Waals surface area contributed by atoms with Crippen LogP contribution in [0.3, 0.4) is 0 Å². The topological polar surface area (TPSA) is 105 Å². The van der Waals surface area contributed by atoms with Crippen molar-refractivity contribution in [1.82, 2.24) is 4.90 Å². The fourth-order valence-corrected chi connectivity index (χ4v) is 8.01.